The number of rotatable bonds is 4. The summed E-state index contributed by atoms with van der Waals surface area (Å²) in [6.07, 6.45) is 0.914. The van der Waals surface area contributed by atoms with E-state index in [1.54, 1.807) is 0 Å². The molecule has 0 aromatic heterocycles. The third-order valence-corrected chi connectivity index (χ3v) is 6.12. The van der Waals surface area contributed by atoms with Gasteiger partial charge in [0, 0.05) is 24.0 Å². The SMILES string of the molecule is C[C@@](Br)(C(=O)c1cccc([N+](=O)[O-])c1)S(C)(=O)=O. The molecule has 0 aliphatic heterocycles. The number of halogens is 1. The van der Waals surface area contributed by atoms with E-state index in [1.807, 2.05) is 0 Å². The minimum Gasteiger partial charge on any atom is -0.291 e. The molecule has 0 amide bonds. The molecule has 0 aliphatic rings. The summed E-state index contributed by atoms with van der Waals surface area (Å²) in [6, 6.07) is 4.94. The van der Waals surface area contributed by atoms with Crippen molar-refractivity contribution in [2.75, 3.05) is 6.26 Å². The molecule has 0 saturated heterocycles. The van der Waals surface area contributed by atoms with Crippen LogP contribution in [0.2, 0.25) is 0 Å². The van der Waals surface area contributed by atoms with Gasteiger partial charge in [0.05, 0.1) is 4.92 Å². The minimum atomic E-state index is -3.69. The Labute approximate surface area is 112 Å². The number of hydrogen-bond acceptors (Lipinski definition) is 5. The maximum absolute atomic E-state index is 12.0. The second kappa shape index (κ2) is 4.77. The lowest BCUT2D eigenvalue weighted by molar-refractivity contribution is -0.384. The van der Waals surface area contributed by atoms with Crippen LogP contribution in [0.3, 0.4) is 0 Å². The highest BCUT2D eigenvalue weighted by molar-refractivity contribution is 9.12. The zero-order valence-corrected chi connectivity index (χ0v) is 12.0. The average Bonchev–Trinajstić information content (AvgIpc) is 2.26. The molecule has 0 radical (unpaired) electrons. The van der Waals surface area contributed by atoms with Gasteiger partial charge in [-0.3, -0.25) is 14.9 Å². The highest BCUT2D eigenvalue weighted by Crippen LogP contribution is 2.29. The van der Waals surface area contributed by atoms with Crippen LogP contribution in [-0.2, 0) is 9.84 Å². The Morgan fingerprint density at radius 2 is 2.00 bits per heavy atom. The van der Waals surface area contributed by atoms with Crippen LogP contribution in [-0.4, -0.2) is 29.0 Å². The summed E-state index contributed by atoms with van der Waals surface area (Å²) in [5.41, 5.74) is -0.299. The van der Waals surface area contributed by atoms with Crippen molar-refractivity contribution in [3.05, 3.63) is 39.9 Å². The van der Waals surface area contributed by atoms with Crippen molar-refractivity contribution >= 4 is 37.2 Å². The molecule has 0 heterocycles. The fourth-order valence-corrected chi connectivity index (χ4v) is 1.87. The normalized spacial score (nSPS) is 14.8. The number of ketones is 1. The summed E-state index contributed by atoms with van der Waals surface area (Å²) < 4.78 is 21.2. The molecule has 6 nitrogen and oxygen atoms in total. The second-order valence-electron chi connectivity index (χ2n) is 3.83. The zero-order valence-electron chi connectivity index (χ0n) is 9.58. The summed E-state index contributed by atoms with van der Waals surface area (Å²) in [4.78, 5) is 22.0. The number of non-ortho nitro benzene ring substituents is 1. The molecule has 0 saturated carbocycles. The number of Topliss-reactive ketones (excluding diaryl/α,β-unsaturated/α-hetero) is 1. The lowest BCUT2D eigenvalue weighted by atomic mass is 10.1. The van der Waals surface area contributed by atoms with Gasteiger partial charge < -0.3 is 0 Å². The molecule has 98 valence electrons. The quantitative estimate of drug-likeness (QED) is 0.362. The highest BCUT2D eigenvalue weighted by Gasteiger charge is 2.41. The van der Waals surface area contributed by atoms with Crippen molar-refractivity contribution < 1.29 is 18.1 Å². The molecule has 18 heavy (non-hydrogen) atoms. The fraction of sp³-hybridized carbons (Fsp3) is 0.300. The first-order chi connectivity index (χ1) is 8.07. The van der Waals surface area contributed by atoms with Crippen molar-refractivity contribution in [3.63, 3.8) is 0 Å². The molecule has 1 atom stereocenters. The Balaban J connectivity index is 3.28. The molecule has 8 heteroatoms. The molecule has 0 spiro atoms. The Kier molecular flexibility index (Phi) is 3.92. The van der Waals surface area contributed by atoms with E-state index in [2.05, 4.69) is 15.9 Å². The van der Waals surface area contributed by atoms with Gasteiger partial charge in [-0.05, 0) is 6.92 Å². The number of benzene rings is 1. The third-order valence-electron chi connectivity index (χ3n) is 2.42. The Bertz CT molecular complexity index is 608. The average molecular weight is 336 g/mol. The lowest BCUT2D eigenvalue weighted by Crippen LogP contribution is -2.36. The highest BCUT2D eigenvalue weighted by atomic mass is 79.9. The Hall–Kier alpha value is -1.28. The zero-order chi connectivity index (χ0) is 14.1. The summed E-state index contributed by atoms with van der Waals surface area (Å²) in [5.74, 6) is -0.742. The number of sulfone groups is 1. The number of nitrogens with zero attached hydrogens (tertiary/aromatic N) is 1. The van der Waals surface area contributed by atoms with Gasteiger partial charge in [-0.15, -0.1) is 0 Å². The molecule has 0 N–H and O–H groups in total. The molecule has 1 aromatic carbocycles. The van der Waals surface area contributed by atoms with E-state index in [1.165, 1.54) is 25.1 Å². The lowest BCUT2D eigenvalue weighted by Gasteiger charge is -2.18. The molecule has 0 aliphatic carbocycles. The molecule has 1 rings (SSSR count). The van der Waals surface area contributed by atoms with Gasteiger partial charge in [0.15, 0.2) is 19.3 Å². The number of nitro groups is 1. The van der Waals surface area contributed by atoms with E-state index in [4.69, 9.17) is 0 Å². The second-order valence-corrected chi connectivity index (χ2v) is 8.30. The third kappa shape index (κ3) is 2.75. The first-order valence-electron chi connectivity index (χ1n) is 4.75. The van der Waals surface area contributed by atoms with Crippen LogP contribution < -0.4 is 0 Å². The fourth-order valence-electron chi connectivity index (χ4n) is 1.19. The van der Waals surface area contributed by atoms with Gasteiger partial charge in [0.25, 0.3) is 5.69 Å². The van der Waals surface area contributed by atoms with Crippen molar-refractivity contribution in [1.29, 1.82) is 0 Å². The van der Waals surface area contributed by atoms with Crippen LogP contribution in [0.4, 0.5) is 5.69 Å². The van der Waals surface area contributed by atoms with Crippen molar-refractivity contribution in [2.24, 2.45) is 0 Å². The molecular formula is C10H10BrNO5S. The molecular weight excluding hydrogens is 326 g/mol. The Morgan fingerprint density at radius 1 is 1.44 bits per heavy atom. The van der Waals surface area contributed by atoms with Crippen LogP contribution in [0, 0.1) is 10.1 Å². The Morgan fingerprint density at radius 3 is 2.44 bits per heavy atom. The van der Waals surface area contributed by atoms with Crippen molar-refractivity contribution in [2.45, 2.75) is 10.6 Å². The minimum absolute atomic E-state index is 0.0333. The topological polar surface area (TPSA) is 94.3 Å². The van der Waals surface area contributed by atoms with E-state index < -0.39 is 24.2 Å². The van der Waals surface area contributed by atoms with E-state index >= 15 is 0 Å². The van der Waals surface area contributed by atoms with E-state index in [0.29, 0.717) is 0 Å². The van der Waals surface area contributed by atoms with Gasteiger partial charge >= 0.3 is 0 Å². The first-order valence-corrected chi connectivity index (χ1v) is 7.43. The molecule has 0 bridgehead atoms. The summed E-state index contributed by atoms with van der Waals surface area (Å²) >= 11 is 2.86. The van der Waals surface area contributed by atoms with E-state index in [0.717, 1.165) is 12.3 Å². The van der Waals surface area contributed by atoms with Crippen molar-refractivity contribution in [3.8, 4) is 0 Å². The van der Waals surface area contributed by atoms with Crippen molar-refractivity contribution in [1.82, 2.24) is 0 Å². The van der Waals surface area contributed by atoms with Gasteiger partial charge in [-0.2, -0.15) is 0 Å². The van der Waals surface area contributed by atoms with Crippen LogP contribution in [0.1, 0.15) is 17.3 Å². The van der Waals surface area contributed by atoms with Crippen LogP contribution >= 0.6 is 15.9 Å². The molecule has 0 unspecified atom stereocenters. The summed E-state index contributed by atoms with van der Waals surface area (Å²) in [7, 11) is -3.69. The number of alkyl halides is 1. The van der Waals surface area contributed by atoms with Gasteiger partial charge in [0.2, 0.25) is 0 Å². The van der Waals surface area contributed by atoms with E-state index in [9.17, 15) is 23.3 Å². The predicted molar refractivity (Wildman–Crippen MR) is 69.6 cm³/mol. The van der Waals surface area contributed by atoms with Gasteiger partial charge in [0.1, 0.15) is 0 Å². The summed E-state index contributed by atoms with van der Waals surface area (Å²) in [6.45, 7) is 1.20. The smallest absolute Gasteiger partial charge is 0.270 e. The number of hydrogen-bond donors (Lipinski definition) is 0. The first kappa shape index (κ1) is 14.8. The number of carbonyl (C=O) groups excluding carboxylic acids is 1. The molecule has 0 fully saturated rings. The van der Waals surface area contributed by atoms with Crippen LogP contribution in [0.15, 0.2) is 24.3 Å². The number of carbonyl (C=O) groups is 1. The molecule has 1 aromatic rings. The predicted octanol–water partition coefficient (Wildman–Crippen LogP) is 1.93. The maximum atomic E-state index is 12.0. The maximum Gasteiger partial charge on any atom is 0.270 e. The van der Waals surface area contributed by atoms with E-state index in [-0.39, 0.29) is 11.3 Å². The largest absolute Gasteiger partial charge is 0.291 e. The van der Waals surface area contributed by atoms with Gasteiger partial charge in [-0.25, -0.2) is 8.42 Å². The standard InChI is InChI=1S/C10H10BrNO5S/c1-10(11,18(2,16)17)9(13)7-4-3-5-8(6-7)12(14)15/h3-6H,1-2H3/t10-/m0/s1. The van der Waals surface area contributed by atoms with Crippen LogP contribution in [0.25, 0.3) is 0 Å². The van der Waals surface area contributed by atoms with Crippen LogP contribution in [0.5, 0.6) is 0 Å². The van der Waals surface area contributed by atoms with Gasteiger partial charge in [-0.1, -0.05) is 28.1 Å². The number of nitro benzene ring substituents is 1. The monoisotopic (exact) mass is 335 g/mol. The summed E-state index contributed by atoms with van der Waals surface area (Å²) in [5, 5.41) is 10.6.